The van der Waals surface area contributed by atoms with E-state index < -0.39 is 5.97 Å². The van der Waals surface area contributed by atoms with Gasteiger partial charge in [-0.2, -0.15) is 0 Å². The number of benzene rings is 2. The third-order valence-electron chi connectivity index (χ3n) is 2.98. The Bertz CT molecular complexity index is 974. The number of thiocarbonyl (C=S) groups is 1. The lowest BCUT2D eigenvalue weighted by molar-refractivity contribution is -0.139. The lowest BCUT2D eigenvalue weighted by Gasteiger charge is -2.02. The van der Waals surface area contributed by atoms with Crippen LogP contribution >= 0.6 is 46.8 Å². The number of nitrogen functional groups attached to an aromatic ring is 1. The Kier molecular flexibility index (Phi) is 12.7. The molecule has 0 aliphatic carbocycles. The van der Waals surface area contributed by atoms with Crippen molar-refractivity contribution in [3.05, 3.63) is 63.6 Å². The molecule has 0 bridgehead atoms. The van der Waals surface area contributed by atoms with Crippen LogP contribution in [0.15, 0.2) is 48.5 Å². The number of hydrogen-bond acceptors (Lipinski definition) is 9. The van der Waals surface area contributed by atoms with E-state index in [0.29, 0.717) is 27.5 Å². The normalized spacial score (nSPS) is 9.34. The number of carbonyl (C=O) groups is 1. The van der Waals surface area contributed by atoms with Crippen molar-refractivity contribution in [2.45, 2.75) is 6.61 Å². The fourth-order valence-corrected chi connectivity index (χ4v) is 2.45. The molecule has 0 amide bonds. The Morgan fingerprint density at radius 1 is 1.03 bits per heavy atom. The van der Waals surface area contributed by atoms with Crippen molar-refractivity contribution in [1.29, 1.82) is 0 Å². The first-order valence-corrected chi connectivity index (χ1v) is 10.5. The molecule has 32 heavy (non-hydrogen) atoms. The zero-order valence-electron chi connectivity index (χ0n) is 16.4. The maximum absolute atomic E-state index is 10.1. The summed E-state index contributed by atoms with van der Waals surface area (Å²) in [4.78, 5) is 10.1. The van der Waals surface area contributed by atoms with Gasteiger partial charge in [0.2, 0.25) is 5.13 Å². The second-order valence-electron chi connectivity index (χ2n) is 5.42. The van der Waals surface area contributed by atoms with Crippen LogP contribution in [0.2, 0.25) is 10.0 Å². The molecule has 0 unspecified atom stereocenters. The van der Waals surface area contributed by atoms with Gasteiger partial charge in [0.1, 0.15) is 18.1 Å². The number of carboxylic acid groups (broad SMARTS) is 1. The number of carboxylic acids is 1. The summed E-state index contributed by atoms with van der Waals surface area (Å²) in [6.45, 7) is 0.0398. The first-order valence-electron chi connectivity index (χ1n) is 8.52. The molecule has 0 spiro atoms. The Labute approximate surface area is 203 Å². The number of nitrogens with two attached hydrogens (primary N) is 3. The van der Waals surface area contributed by atoms with Gasteiger partial charge in [-0.25, -0.2) is 10.6 Å². The minimum absolute atomic E-state index is 0.116. The van der Waals surface area contributed by atoms with Crippen molar-refractivity contribution in [3.8, 4) is 11.5 Å². The number of nitrogens with one attached hydrogen (secondary N) is 1. The quantitative estimate of drug-likeness (QED) is 0.184. The van der Waals surface area contributed by atoms with E-state index in [1.54, 1.807) is 48.5 Å². The summed E-state index contributed by atoms with van der Waals surface area (Å²) in [5, 5.41) is 18.4. The van der Waals surface area contributed by atoms with Crippen molar-refractivity contribution in [2.75, 3.05) is 12.3 Å². The van der Waals surface area contributed by atoms with Gasteiger partial charge < -0.3 is 31.5 Å². The number of aromatic nitrogens is 2. The minimum atomic E-state index is -0.995. The van der Waals surface area contributed by atoms with Crippen molar-refractivity contribution in [3.63, 3.8) is 0 Å². The monoisotopic (exact) mass is 518 g/mol. The van der Waals surface area contributed by atoms with Gasteiger partial charge in [-0.15, -0.1) is 10.2 Å². The first kappa shape index (κ1) is 27.1. The standard InChI is InChI=1S/C9H8ClN3OS.C8H7ClO3.CH5N3S/c10-6-1-3-7(4-2-6)14-5-8-12-13-9(11)15-8;9-6-1-3-7(4-2-6)12-5-8(10)11;2-1(5)4-3/h1-4H,5H2,(H2,11,13);1-4H,5H2,(H,10,11);3H2,(H3,2,4,5). The number of hydrazine groups is 1. The molecular formula is C18H20Cl2N6O4S2. The highest BCUT2D eigenvalue weighted by Crippen LogP contribution is 2.18. The van der Waals surface area contributed by atoms with E-state index >= 15 is 0 Å². The molecule has 10 nitrogen and oxygen atoms in total. The van der Waals surface area contributed by atoms with Crippen LogP contribution < -0.4 is 32.2 Å². The molecule has 0 aliphatic heterocycles. The van der Waals surface area contributed by atoms with Crippen molar-refractivity contribution < 1.29 is 19.4 Å². The molecular weight excluding hydrogens is 499 g/mol. The minimum Gasteiger partial charge on any atom is -0.486 e. The molecule has 14 heteroatoms. The summed E-state index contributed by atoms with van der Waals surface area (Å²) >= 11 is 16.9. The van der Waals surface area contributed by atoms with Crippen molar-refractivity contribution in [2.24, 2.45) is 11.6 Å². The smallest absolute Gasteiger partial charge is 0.341 e. The number of anilines is 1. The van der Waals surface area contributed by atoms with Crippen LogP contribution in [0.3, 0.4) is 0 Å². The third-order valence-corrected chi connectivity index (χ3v) is 4.32. The van der Waals surface area contributed by atoms with Crippen LogP contribution in [0.25, 0.3) is 0 Å². The number of halogens is 2. The second kappa shape index (κ2) is 15.0. The highest BCUT2D eigenvalue weighted by molar-refractivity contribution is 7.80. The predicted molar refractivity (Wildman–Crippen MR) is 129 cm³/mol. The molecule has 3 rings (SSSR count). The number of nitrogens with zero attached hydrogens (tertiary/aromatic N) is 2. The molecule has 8 N–H and O–H groups in total. The van der Waals surface area contributed by atoms with E-state index in [1.165, 1.54) is 11.3 Å². The number of aliphatic carboxylic acids is 1. The first-order chi connectivity index (χ1) is 15.2. The average Bonchev–Trinajstić information content (AvgIpc) is 3.19. The maximum atomic E-state index is 10.1. The van der Waals surface area contributed by atoms with Gasteiger partial charge in [-0.1, -0.05) is 34.5 Å². The zero-order valence-corrected chi connectivity index (χ0v) is 19.5. The van der Waals surface area contributed by atoms with E-state index in [2.05, 4.69) is 28.3 Å². The molecule has 0 atom stereocenters. The van der Waals surface area contributed by atoms with Gasteiger partial charge in [-0.05, 0) is 60.7 Å². The van der Waals surface area contributed by atoms with Gasteiger partial charge in [0.05, 0.1) is 0 Å². The molecule has 0 fully saturated rings. The summed E-state index contributed by atoms with van der Waals surface area (Å²) in [7, 11) is 0. The van der Waals surface area contributed by atoms with Gasteiger partial charge >= 0.3 is 5.97 Å². The number of hydrogen-bond donors (Lipinski definition) is 5. The van der Waals surface area contributed by atoms with E-state index in [9.17, 15) is 4.79 Å². The topological polar surface area (TPSA) is 172 Å². The summed E-state index contributed by atoms with van der Waals surface area (Å²) in [6.07, 6.45) is 0. The SMILES string of the molecule is NNC(N)=S.Nc1nnc(COc2ccc(Cl)cc2)s1.O=C(O)COc1ccc(Cl)cc1. The highest BCUT2D eigenvalue weighted by Gasteiger charge is 2.02. The van der Waals surface area contributed by atoms with Gasteiger partial charge in [0, 0.05) is 10.0 Å². The predicted octanol–water partition coefficient (Wildman–Crippen LogP) is 2.85. The lowest BCUT2D eigenvalue weighted by Crippen LogP contribution is -2.34. The Balaban J connectivity index is 0.000000270. The van der Waals surface area contributed by atoms with Crippen molar-refractivity contribution in [1.82, 2.24) is 15.6 Å². The van der Waals surface area contributed by atoms with Gasteiger partial charge in [0.15, 0.2) is 16.7 Å². The summed E-state index contributed by atoms with van der Waals surface area (Å²) in [6, 6.07) is 13.6. The largest absolute Gasteiger partial charge is 0.486 e. The fourth-order valence-electron chi connectivity index (χ4n) is 1.68. The maximum Gasteiger partial charge on any atom is 0.341 e. The average molecular weight is 519 g/mol. The fraction of sp³-hybridized carbons (Fsp3) is 0.111. The lowest BCUT2D eigenvalue weighted by atomic mass is 10.3. The van der Waals surface area contributed by atoms with Crippen LogP contribution in [-0.2, 0) is 11.4 Å². The van der Waals surface area contributed by atoms with E-state index in [0.717, 1.165) is 10.8 Å². The molecule has 0 aliphatic rings. The van der Waals surface area contributed by atoms with E-state index in [-0.39, 0.29) is 11.7 Å². The molecule has 1 heterocycles. The van der Waals surface area contributed by atoms with Crippen molar-refractivity contribution >= 4 is 63.0 Å². The van der Waals surface area contributed by atoms with E-state index in [4.69, 9.17) is 49.2 Å². The molecule has 2 aromatic carbocycles. The van der Waals surface area contributed by atoms with Crippen LogP contribution in [0, 0.1) is 0 Å². The third kappa shape index (κ3) is 12.7. The van der Waals surface area contributed by atoms with Crippen LogP contribution in [0.5, 0.6) is 11.5 Å². The molecule has 0 saturated carbocycles. The number of ether oxygens (including phenoxy) is 2. The van der Waals surface area contributed by atoms with Crippen LogP contribution in [-0.4, -0.2) is 33.0 Å². The van der Waals surface area contributed by atoms with Gasteiger partial charge in [-0.3, -0.25) is 0 Å². The number of rotatable bonds is 6. The highest BCUT2D eigenvalue weighted by atomic mass is 35.5. The molecule has 1 aromatic heterocycles. The Morgan fingerprint density at radius 3 is 1.88 bits per heavy atom. The summed E-state index contributed by atoms with van der Waals surface area (Å²) < 4.78 is 10.3. The molecule has 0 saturated heterocycles. The summed E-state index contributed by atoms with van der Waals surface area (Å²) in [5.41, 5.74) is 12.3. The van der Waals surface area contributed by atoms with Gasteiger partial charge in [0.25, 0.3) is 0 Å². The Morgan fingerprint density at radius 2 is 1.50 bits per heavy atom. The van der Waals surface area contributed by atoms with Crippen LogP contribution in [0.1, 0.15) is 5.01 Å². The Hall–Kier alpha value is -2.90. The summed E-state index contributed by atoms with van der Waals surface area (Å²) in [5.74, 6) is 4.91. The molecule has 172 valence electrons. The second-order valence-corrected chi connectivity index (χ2v) is 7.83. The zero-order chi connectivity index (χ0) is 23.9. The van der Waals surface area contributed by atoms with E-state index in [1.807, 2.05) is 5.43 Å². The molecule has 0 radical (unpaired) electrons. The van der Waals surface area contributed by atoms with Crippen LogP contribution in [0.4, 0.5) is 5.13 Å². The molecule has 3 aromatic rings.